The monoisotopic (exact) mass is 250 g/mol. The summed E-state index contributed by atoms with van der Waals surface area (Å²) in [6, 6.07) is 8.24. The Bertz CT molecular complexity index is 329. The van der Waals surface area contributed by atoms with Gasteiger partial charge in [0.05, 0.1) is 6.10 Å². The van der Waals surface area contributed by atoms with Crippen LogP contribution in [-0.4, -0.2) is 17.8 Å². The van der Waals surface area contributed by atoms with Crippen molar-refractivity contribution >= 4 is 0 Å². The molecule has 2 atom stereocenters. The number of aliphatic hydroxyl groups is 1. The minimum atomic E-state index is -0.541. The molecule has 0 aromatic heterocycles. The van der Waals surface area contributed by atoms with Crippen molar-refractivity contribution in [3.63, 3.8) is 0 Å². The first kappa shape index (κ1) is 15.2. The Morgan fingerprint density at radius 2 is 1.72 bits per heavy atom. The summed E-state index contributed by atoms with van der Waals surface area (Å²) in [5, 5.41) is 10.4. The summed E-state index contributed by atoms with van der Waals surface area (Å²) in [5.41, 5.74) is 2.27. The maximum absolute atomic E-state index is 10.4. The van der Waals surface area contributed by atoms with Gasteiger partial charge in [-0.15, -0.1) is 0 Å². The van der Waals surface area contributed by atoms with Gasteiger partial charge in [-0.1, -0.05) is 51.5 Å². The van der Waals surface area contributed by atoms with E-state index in [1.54, 1.807) is 0 Å². The van der Waals surface area contributed by atoms with Gasteiger partial charge >= 0.3 is 0 Å². The second-order valence-corrected chi connectivity index (χ2v) is 5.10. The molecule has 0 radical (unpaired) electrons. The van der Waals surface area contributed by atoms with Crippen molar-refractivity contribution in [2.45, 2.75) is 52.7 Å². The smallest absolute Gasteiger partial charge is 0.105 e. The highest BCUT2D eigenvalue weighted by Gasteiger charge is 2.24. The van der Waals surface area contributed by atoms with E-state index in [1.807, 2.05) is 19.1 Å². The minimum Gasteiger partial charge on any atom is -0.386 e. The van der Waals surface area contributed by atoms with Crippen LogP contribution in [0.15, 0.2) is 24.3 Å². The summed E-state index contributed by atoms with van der Waals surface area (Å²) in [6.45, 7) is 8.93. The lowest BCUT2D eigenvalue weighted by molar-refractivity contribution is -0.0585. The lowest BCUT2D eigenvalue weighted by Crippen LogP contribution is -2.27. The van der Waals surface area contributed by atoms with Crippen LogP contribution in [-0.2, 0) is 11.2 Å². The molecule has 0 aliphatic rings. The third-order valence-electron chi connectivity index (χ3n) is 3.19. The second kappa shape index (κ2) is 7.55. The first-order valence-electron chi connectivity index (χ1n) is 6.98. The van der Waals surface area contributed by atoms with Gasteiger partial charge in [0.25, 0.3) is 0 Å². The molecule has 0 fully saturated rings. The Labute approximate surface area is 111 Å². The third kappa shape index (κ3) is 4.11. The van der Waals surface area contributed by atoms with Crippen molar-refractivity contribution in [1.82, 2.24) is 0 Å². The first-order valence-corrected chi connectivity index (χ1v) is 6.98. The van der Waals surface area contributed by atoms with Gasteiger partial charge < -0.3 is 9.84 Å². The molecule has 102 valence electrons. The zero-order chi connectivity index (χ0) is 13.5. The maximum Gasteiger partial charge on any atom is 0.105 e. The Balaban J connectivity index is 2.77. The van der Waals surface area contributed by atoms with Crippen LogP contribution < -0.4 is 0 Å². The van der Waals surface area contributed by atoms with Gasteiger partial charge in [0.15, 0.2) is 0 Å². The molecule has 1 rings (SSSR count). The molecule has 0 heterocycles. The Morgan fingerprint density at radius 1 is 1.11 bits per heavy atom. The Morgan fingerprint density at radius 3 is 2.17 bits per heavy atom. The van der Waals surface area contributed by atoms with E-state index in [0.29, 0.717) is 12.5 Å². The molecule has 0 saturated carbocycles. The van der Waals surface area contributed by atoms with E-state index >= 15 is 0 Å². The van der Waals surface area contributed by atoms with E-state index in [0.717, 1.165) is 18.4 Å². The Hall–Kier alpha value is -0.860. The van der Waals surface area contributed by atoms with E-state index in [9.17, 15) is 5.11 Å². The number of aryl methyl sites for hydroxylation is 1. The Kier molecular flexibility index (Phi) is 6.37. The maximum atomic E-state index is 10.4. The van der Waals surface area contributed by atoms with Crippen LogP contribution in [0.4, 0.5) is 0 Å². The zero-order valence-corrected chi connectivity index (χ0v) is 12.0. The third-order valence-corrected chi connectivity index (χ3v) is 3.19. The highest BCUT2D eigenvalue weighted by atomic mass is 16.5. The van der Waals surface area contributed by atoms with Gasteiger partial charge in [-0.2, -0.15) is 0 Å². The summed E-state index contributed by atoms with van der Waals surface area (Å²) in [7, 11) is 0. The lowest BCUT2D eigenvalue weighted by atomic mass is 9.95. The summed E-state index contributed by atoms with van der Waals surface area (Å²) in [5.74, 6) is 0.301. The van der Waals surface area contributed by atoms with E-state index in [-0.39, 0.29) is 6.10 Å². The van der Waals surface area contributed by atoms with Crippen molar-refractivity contribution in [2.24, 2.45) is 5.92 Å². The highest BCUT2D eigenvalue weighted by molar-refractivity contribution is 5.25. The van der Waals surface area contributed by atoms with E-state index in [2.05, 4.69) is 32.9 Å². The largest absolute Gasteiger partial charge is 0.386 e. The van der Waals surface area contributed by atoms with Gasteiger partial charge in [-0.25, -0.2) is 0 Å². The molecule has 0 aliphatic carbocycles. The zero-order valence-electron chi connectivity index (χ0n) is 12.0. The fourth-order valence-corrected chi connectivity index (χ4v) is 2.20. The van der Waals surface area contributed by atoms with Crippen LogP contribution in [0.1, 0.15) is 51.3 Å². The number of rotatable bonds is 7. The molecule has 0 aliphatic heterocycles. The molecular weight excluding hydrogens is 224 g/mol. The van der Waals surface area contributed by atoms with E-state index in [1.165, 1.54) is 5.56 Å². The molecule has 0 amide bonds. The van der Waals surface area contributed by atoms with Crippen LogP contribution in [0.3, 0.4) is 0 Å². The molecule has 2 unspecified atom stereocenters. The van der Waals surface area contributed by atoms with Gasteiger partial charge in [-0.3, -0.25) is 0 Å². The SMILES string of the molecule is CCCc1ccc(C(O)C(OCC)C(C)C)cc1. The number of aliphatic hydroxyl groups excluding tert-OH is 1. The van der Waals surface area contributed by atoms with Crippen molar-refractivity contribution in [3.05, 3.63) is 35.4 Å². The van der Waals surface area contributed by atoms with Crippen molar-refractivity contribution in [2.75, 3.05) is 6.61 Å². The molecule has 2 nitrogen and oxygen atoms in total. The minimum absolute atomic E-state index is 0.132. The standard InChI is InChI=1S/C16H26O2/c1-5-7-13-8-10-14(11-9-13)15(17)16(12(3)4)18-6-2/h8-12,15-17H,5-7H2,1-4H3. The summed E-state index contributed by atoms with van der Waals surface area (Å²) in [4.78, 5) is 0. The second-order valence-electron chi connectivity index (χ2n) is 5.10. The number of benzene rings is 1. The molecule has 1 aromatic carbocycles. The predicted molar refractivity (Wildman–Crippen MR) is 75.6 cm³/mol. The number of hydrogen-bond donors (Lipinski definition) is 1. The van der Waals surface area contributed by atoms with Crippen molar-refractivity contribution in [1.29, 1.82) is 0 Å². The molecule has 18 heavy (non-hydrogen) atoms. The topological polar surface area (TPSA) is 29.5 Å². The van der Waals surface area contributed by atoms with Crippen molar-refractivity contribution in [3.8, 4) is 0 Å². The van der Waals surface area contributed by atoms with E-state index in [4.69, 9.17) is 4.74 Å². The summed E-state index contributed by atoms with van der Waals surface area (Å²) < 4.78 is 5.65. The molecule has 0 spiro atoms. The van der Waals surface area contributed by atoms with Crippen LogP contribution >= 0.6 is 0 Å². The predicted octanol–water partition coefficient (Wildman–Crippen LogP) is 3.73. The quantitative estimate of drug-likeness (QED) is 0.799. The molecular formula is C16H26O2. The van der Waals surface area contributed by atoms with Gasteiger partial charge in [-0.05, 0) is 30.4 Å². The van der Waals surface area contributed by atoms with Gasteiger partial charge in [0.2, 0.25) is 0 Å². The van der Waals surface area contributed by atoms with Crippen molar-refractivity contribution < 1.29 is 9.84 Å². The molecule has 2 heteroatoms. The number of hydrogen-bond acceptors (Lipinski definition) is 2. The van der Waals surface area contributed by atoms with Crippen LogP contribution in [0.5, 0.6) is 0 Å². The lowest BCUT2D eigenvalue weighted by Gasteiger charge is -2.26. The van der Waals surface area contributed by atoms with Gasteiger partial charge in [0.1, 0.15) is 6.10 Å². The first-order chi connectivity index (χ1) is 8.60. The highest BCUT2D eigenvalue weighted by Crippen LogP contribution is 2.25. The molecule has 1 N–H and O–H groups in total. The fraction of sp³-hybridized carbons (Fsp3) is 0.625. The normalized spacial score (nSPS) is 14.8. The van der Waals surface area contributed by atoms with Gasteiger partial charge in [0, 0.05) is 6.61 Å². The molecule has 1 aromatic rings. The average molecular weight is 250 g/mol. The molecule has 0 saturated heterocycles. The summed E-state index contributed by atoms with van der Waals surface area (Å²) in [6.07, 6.45) is 1.57. The fourth-order valence-electron chi connectivity index (χ4n) is 2.20. The van der Waals surface area contributed by atoms with Crippen LogP contribution in [0.2, 0.25) is 0 Å². The van der Waals surface area contributed by atoms with E-state index < -0.39 is 6.10 Å². The molecule has 0 bridgehead atoms. The summed E-state index contributed by atoms with van der Waals surface area (Å²) >= 11 is 0. The van der Waals surface area contributed by atoms with Crippen LogP contribution in [0, 0.1) is 5.92 Å². The number of ether oxygens (including phenoxy) is 1. The van der Waals surface area contributed by atoms with Crippen LogP contribution in [0.25, 0.3) is 0 Å². The average Bonchev–Trinajstić information content (AvgIpc) is 2.36.